The van der Waals surface area contributed by atoms with Gasteiger partial charge in [-0.3, -0.25) is 9.69 Å². The summed E-state index contributed by atoms with van der Waals surface area (Å²) in [4.78, 5) is 14.0. The van der Waals surface area contributed by atoms with E-state index in [4.69, 9.17) is 0 Å². The Kier molecular flexibility index (Phi) is 6.65. The van der Waals surface area contributed by atoms with Gasteiger partial charge < -0.3 is 10.4 Å². The molecule has 1 saturated heterocycles. The van der Waals surface area contributed by atoms with Crippen molar-refractivity contribution in [3.63, 3.8) is 0 Å². The number of carbonyl (C=O) groups excluding carboxylic acids is 1. The highest BCUT2D eigenvalue weighted by atomic mass is 16.3. The summed E-state index contributed by atoms with van der Waals surface area (Å²) in [6, 6.07) is 0.665. The van der Waals surface area contributed by atoms with Crippen LogP contribution in [0.15, 0.2) is 0 Å². The fourth-order valence-corrected chi connectivity index (χ4v) is 2.65. The second-order valence-electron chi connectivity index (χ2n) is 5.74. The summed E-state index contributed by atoms with van der Waals surface area (Å²) >= 11 is 0. The molecule has 18 heavy (non-hydrogen) atoms. The van der Waals surface area contributed by atoms with Crippen LogP contribution in [0.3, 0.4) is 0 Å². The molecule has 106 valence electrons. The molecule has 1 aliphatic rings. The SMILES string of the molecule is CC(O)CC1CCCCN1CCC(=O)NC(C)C. The third-order valence-corrected chi connectivity index (χ3v) is 3.44. The summed E-state index contributed by atoms with van der Waals surface area (Å²) < 4.78 is 0. The van der Waals surface area contributed by atoms with Crippen molar-refractivity contribution in [2.45, 2.75) is 71.1 Å². The predicted octanol–water partition coefficient (Wildman–Crippen LogP) is 1.53. The molecule has 4 nitrogen and oxygen atoms in total. The number of piperidine rings is 1. The Bertz CT molecular complexity index is 254. The van der Waals surface area contributed by atoms with Gasteiger partial charge in [0.15, 0.2) is 0 Å². The molecule has 0 spiro atoms. The van der Waals surface area contributed by atoms with Crippen LogP contribution in [0.25, 0.3) is 0 Å². The summed E-state index contributed by atoms with van der Waals surface area (Å²) in [5, 5.41) is 12.4. The molecule has 2 unspecified atom stereocenters. The maximum Gasteiger partial charge on any atom is 0.221 e. The molecule has 2 atom stereocenters. The van der Waals surface area contributed by atoms with Crippen molar-refractivity contribution < 1.29 is 9.90 Å². The van der Waals surface area contributed by atoms with E-state index in [1.54, 1.807) is 0 Å². The number of hydrogen-bond donors (Lipinski definition) is 2. The van der Waals surface area contributed by atoms with Crippen LogP contribution in [0.4, 0.5) is 0 Å². The van der Waals surface area contributed by atoms with E-state index >= 15 is 0 Å². The van der Waals surface area contributed by atoms with Gasteiger partial charge in [0.05, 0.1) is 6.10 Å². The Labute approximate surface area is 111 Å². The van der Waals surface area contributed by atoms with Gasteiger partial charge in [0.25, 0.3) is 0 Å². The number of amides is 1. The van der Waals surface area contributed by atoms with Crippen molar-refractivity contribution in [1.29, 1.82) is 0 Å². The number of nitrogens with one attached hydrogen (secondary N) is 1. The third-order valence-electron chi connectivity index (χ3n) is 3.44. The summed E-state index contributed by atoms with van der Waals surface area (Å²) in [6.07, 6.45) is 4.74. The van der Waals surface area contributed by atoms with Crippen LogP contribution in [0.2, 0.25) is 0 Å². The van der Waals surface area contributed by atoms with E-state index in [2.05, 4.69) is 10.2 Å². The van der Waals surface area contributed by atoms with Gasteiger partial charge >= 0.3 is 0 Å². The molecular weight excluding hydrogens is 228 g/mol. The average Bonchev–Trinajstić information content (AvgIpc) is 2.26. The average molecular weight is 256 g/mol. The molecule has 1 amide bonds. The molecule has 0 aromatic rings. The van der Waals surface area contributed by atoms with E-state index in [9.17, 15) is 9.90 Å². The lowest BCUT2D eigenvalue weighted by Gasteiger charge is -2.36. The molecule has 0 aromatic carbocycles. The maximum absolute atomic E-state index is 11.6. The minimum atomic E-state index is -0.250. The lowest BCUT2D eigenvalue weighted by atomic mass is 9.97. The summed E-state index contributed by atoms with van der Waals surface area (Å²) in [7, 11) is 0. The Hall–Kier alpha value is -0.610. The smallest absolute Gasteiger partial charge is 0.221 e. The normalized spacial score (nSPS) is 23.1. The van der Waals surface area contributed by atoms with E-state index in [0.29, 0.717) is 12.5 Å². The second-order valence-corrected chi connectivity index (χ2v) is 5.74. The molecule has 0 aliphatic carbocycles. The zero-order chi connectivity index (χ0) is 13.5. The van der Waals surface area contributed by atoms with Crippen molar-refractivity contribution in [3.05, 3.63) is 0 Å². The van der Waals surface area contributed by atoms with Gasteiger partial charge in [0.2, 0.25) is 5.91 Å². The predicted molar refractivity (Wildman–Crippen MR) is 73.4 cm³/mol. The fraction of sp³-hybridized carbons (Fsp3) is 0.929. The molecule has 1 aliphatic heterocycles. The van der Waals surface area contributed by atoms with E-state index in [-0.39, 0.29) is 18.1 Å². The summed E-state index contributed by atoms with van der Waals surface area (Å²) in [6.45, 7) is 7.69. The van der Waals surface area contributed by atoms with Crippen LogP contribution >= 0.6 is 0 Å². The summed E-state index contributed by atoms with van der Waals surface area (Å²) in [5.74, 6) is 0.131. The summed E-state index contributed by atoms with van der Waals surface area (Å²) in [5.41, 5.74) is 0. The number of aliphatic hydroxyl groups excluding tert-OH is 1. The molecule has 0 radical (unpaired) electrons. The van der Waals surface area contributed by atoms with Crippen molar-refractivity contribution in [1.82, 2.24) is 10.2 Å². The number of likely N-dealkylation sites (tertiary alicyclic amines) is 1. The van der Waals surface area contributed by atoms with E-state index in [1.165, 1.54) is 12.8 Å². The second kappa shape index (κ2) is 7.74. The van der Waals surface area contributed by atoms with Crippen molar-refractivity contribution >= 4 is 5.91 Å². The van der Waals surface area contributed by atoms with Crippen LogP contribution in [0.1, 0.15) is 52.9 Å². The van der Waals surface area contributed by atoms with Gasteiger partial charge in [-0.2, -0.15) is 0 Å². The van der Waals surface area contributed by atoms with Crippen LogP contribution in [0.5, 0.6) is 0 Å². The first-order chi connectivity index (χ1) is 8.49. The van der Waals surface area contributed by atoms with Crippen molar-refractivity contribution in [2.24, 2.45) is 0 Å². The number of hydrogen-bond acceptors (Lipinski definition) is 3. The maximum atomic E-state index is 11.6. The third kappa shape index (κ3) is 5.83. The minimum Gasteiger partial charge on any atom is -0.393 e. The van der Waals surface area contributed by atoms with Crippen molar-refractivity contribution in [2.75, 3.05) is 13.1 Å². The van der Waals surface area contributed by atoms with Gasteiger partial charge in [-0.15, -0.1) is 0 Å². The molecule has 4 heteroatoms. The highest BCUT2D eigenvalue weighted by Gasteiger charge is 2.23. The number of carbonyl (C=O) groups is 1. The molecule has 0 bridgehead atoms. The van der Waals surface area contributed by atoms with Gasteiger partial charge in [0, 0.05) is 25.0 Å². The van der Waals surface area contributed by atoms with Crippen LogP contribution in [-0.4, -0.2) is 47.2 Å². The van der Waals surface area contributed by atoms with E-state index in [1.807, 2.05) is 20.8 Å². The number of rotatable bonds is 6. The Morgan fingerprint density at radius 2 is 2.11 bits per heavy atom. The van der Waals surface area contributed by atoms with Gasteiger partial charge in [-0.25, -0.2) is 0 Å². The zero-order valence-electron chi connectivity index (χ0n) is 12.0. The Balaban J connectivity index is 2.35. The number of nitrogens with zero attached hydrogens (tertiary/aromatic N) is 1. The van der Waals surface area contributed by atoms with Crippen molar-refractivity contribution in [3.8, 4) is 0 Å². The highest BCUT2D eigenvalue weighted by Crippen LogP contribution is 2.21. The molecule has 0 aromatic heterocycles. The Morgan fingerprint density at radius 1 is 1.39 bits per heavy atom. The monoisotopic (exact) mass is 256 g/mol. The fourth-order valence-electron chi connectivity index (χ4n) is 2.65. The highest BCUT2D eigenvalue weighted by molar-refractivity contribution is 5.76. The van der Waals surface area contributed by atoms with E-state index < -0.39 is 0 Å². The van der Waals surface area contributed by atoms with E-state index in [0.717, 1.165) is 25.9 Å². The largest absolute Gasteiger partial charge is 0.393 e. The number of aliphatic hydroxyl groups is 1. The van der Waals surface area contributed by atoms with Crippen LogP contribution in [-0.2, 0) is 4.79 Å². The molecular formula is C14H28N2O2. The first-order valence-electron chi connectivity index (χ1n) is 7.20. The minimum absolute atomic E-state index is 0.131. The lowest BCUT2D eigenvalue weighted by molar-refractivity contribution is -0.122. The molecule has 1 rings (SSSR count). The molecule has 1 fully saturated rings. The first-order valence-corrected chi connectivity index (χ1v) is 7.20. The first kappa shape index (κ1) is 15.4. The standard InChI is InChI=1S/C14H28N2O2/c1-11(2)15-14(18)7-9-16-8-5-4-6-13(16)10-12(3)17/h11-13,17H,4-10H2,1-3H3,(H,15,18). The topological polar surface area (TPSA) is 52.6 Å². The Morgan fingerprint density at radius 3 is 2.72 bits per heavy atom. The zero-order valence-corrected chi connectivity index (χ0v) is 12.0. The molecule has 1 heterocycles. The molecule has 2 N–H and O–H groups in total. The lowest BCUT2D eigenvalue weighted by Crippen LogP contribution is -2.43. The quantitative estimate of drug-likeness (QED) is 0.758. The van der Waals surface area contributed by atoms with Crippen LogP contribution < -0.4 is 5.32 Å². The van der Waals surface area contributed by atoms with Gasteiger partial charge in [0.1, 0.15) is 0 Å². The van der Waals surface area contributed by atoms with Gasteiger partial charge in [-0.1, -0.05) is 6.42 Å². The van der Waals surface area contributed by atoms with Gasteiger partial charge in [-0.05, 0) is 46.6 Å². The van der Waals surface area contributed by atoms with Crippen LogP contribution in [0, 0.1) is 0 Å². The molecule has 0 saturated carbocycles.